The lowest BCUT2D eigenvalue weighted by Gasteiger charge is -2.15. The number of anilines is 1. The van der Waals surface area contributed by atoms with Gasteiger partial charge in [-0.2, -0.15) is 0 Å². The molecule has 3 aromatic rings. The number of guanidine groups is 1. The minimum atomic E-state index is -0.361. The Bertz CT molecular complexity index is 1120. The average Bonchev–Trinajstić information content (AvgIpc) is 3.26. The number of aromatic nitrogens is 1. The molecule has 1 aliphatic heterocycles. The van der Waals surface area contributed by atoms with Crippen molar-refractivity contribution in [2.75, 3.05) is 19.2 Å². The van der Waals surface area contributed by atoms with Gasteiger partial charge >= 0.3 is 0 Å². The van der Waals surface area contributed by atoms with Gasteiger partial charge in [0.05, 0.1) is 19.3 Å². The SMILES string of the molecule is COc1ccc(Cl)cc1NC(=NCc1ccncc1)NC(=O)c1ccc2c(c1)OCO2. The number of hydrogen-bond donors (Lipinski definition) is 2. The molecule has 0 aliphatic carbocycles. The summed E-state index contributed by atoms with van der Waals surface area (Å²) in [6.07, 6.45) is 3.37. The Kier molecular flexibility index (Phi) is 6.18. The fraction of sp³-hybridized carbons (Fsp3) is 0.136. The zero-order chi connectivity index (χ0) is 21.6. The number of nitrogens with one attached hydrogen (secondary N) is 2. The van der Waals surface area contributed by atoms with E-state index in [1.807, 2.05) is 12.1 Å². The summed E-state index contributed by atoms with van der Waals surface area (Å²) in [5.41, 5.74) is 1.90. The number of pyridine rings is 1. The standard InChI is InChI=1S/C22H19ClN4O4/c1-29-18-5-3-16(23)11-17(18)26-22(25-12-14-6-8-24-9-7-14)27-21(28)15-2-4-19-20(10-15)31-13-30-19/h2-11H,12-13H2,1H3,(H2,25,26,27,28). The minimum Gasteiger partial charge on any atom is -0.495 e. The molecule has 4 rings (SSSR count). The van der Waals surface area contributed by atoms with E-state index < -0.39 is 0 Å². The average molecular weight is 439 g/mol. The molecule has 2 N–H and O–H groups in total. The molecule has 0 radical (unpaired) electrons. The van der Waals surface area contributed by atoms with Gasteiger partial charge in [-0.25, -0.2) is 4.99 Å². The topological polar surface area (TPSA) is 94.1 Å². The van der Waals surface area contributed by atoms with Crippen LogP contribution in [0.25, 0.3) is 0 Å². The summed E-state index contributed by atoms with van der Waals surface area (Å²) in [6.45, 7) is 0.463. The number of ether oxygens (including phenoxy) is 3. The maximum Gasteiger partial charge on any atom is 0.258 e. The monoisotopic (exact) mass is 438 g/mol. The number of nitrogens with zero attached hydrogens (tertiary/aromatic N) is 2. The number of rotatable bonds is 5. The molecule has 31 heavy (non-hydrogen) atoms. The first-order valence-corrected chi connectivity index (χ1v) is 9.75. The van der Waals surface area contributed by atoms with Crippen LogP contribution in [0, 0.1) is 0 Å². The van der Waals surface area contributed by atoms with E-state index in [2.05, 4.69) is 20.6 Å². The molecule has 0 spiro atoms. The zero-order valence-electron chi connectivity index (χ0n) is 16.6. The second-order valence-corrected chi connectivity index (χ2v) is 6.95. The molecular weight excluding hydrogens is 420 g/mol. The van der Waals surface area contributed by atoms with Gasteiger partial charge in [-0.05, 0) is 54.1 Å². The van der Waals surface area contributed by atoms with Crippen LogP contribution in [0.2, 0.25) is 5.02 Å². The van der Waals surface area contributed by atoms with Crippen LogP contribution < -0.4 is 24.8 Å². The molecule has 1 amide bonds. The fourth-order valence-corrected chi connectivity index (χ4v) is 3.06. The third-order valence-corrected chi connectivity index (χ3v) is 4.69. The summed E-state index contributed by atoms with van der Waals surface area (Å²) in [7, 11) is 1.55. The summed E-state index contributed by atoms with van der Waals surface area (Å²) < 4.78 is 16.0. The number of benzene rings is 2. The van der Waals surface area contributed by atoms with E-state index in [1.54, 1.807) is 55.9 Å². The predicted octanol–water partition coefficient (Wildman–Crippen LogP) is 3.87. The van der Waals surface area contributed by atoms with Crippen LogP contribution in [-0.2, 0) is 6.54 Å². The first-order valence-electron chi connectivity index (χ1n) is 9.37. The Balaban J connectivity index is 1.59. The Labute approximate surface area is 183 Å². The van der Waals surface area contributed by atoms with Crippen LogP contribution in [0.3, 0.4) is 0 Å². The van der Waals surface area contributed by atoms with Gasteiger partial charge in [-0.1, -0.05) is 11.6 Å². The molecule has 0 fully saturated rings. The summed E-state index contributed by atoms with van der Waals surface area (Å²) >= 11 is 6.13. The van der Waals surface area contributed by atoms with E-state index in [-0.39, 0.29) is 18.7 Å². The minimum absolute atomic E-state index is 0.134. The maximum atomic E-state index is 12.9. The third-order valence-electron chi connectivity index (χ3n) is 4.45. The predicted molar refractivity (Wildman–Crippen MR) is 117 cm³/mol. The van der Waals surface area contributed by atoms with Gasteiger partial charge in [-0.3, -0.25) is 15.1 Å². The first kappa shape index (κ1) is 20.5. The maximum absolute atomic E-state index is 12.9. The Morgan fingerprint density at radius 3 is 2.74 bits per heavy atom. The Morgan fingerprint density at radius 2 is 1.94 bits per heavy atom. The highest BCUT2D eigenvalue weighted by molar-refractivity contribution is 6.31. The Morgan fingerprint density at radius 1 is 1.13 bits per heavy atom. The number of carbonyl (C=O) groups excluding carboxylic acids is 1. The number of aliphatic imine (C=N–C) groups is 1. The second-order valence-electron chi connectivity index (χ2n) is 6.51. The third kappa shape index (κ3) is 5.04. The van der Waals surface area contributed by atoms with Crippen LogP contribution in [0.5, 0.6) is 17.2 Å². The molecule has 0 atom stereocenters. The largest absolute Gasteiger partial charge is 0.495 e. The van der Waals surface area contributed by atoms with Crippen LogP contribution in [0.1, 0.15) is 15.9 Å². The number of methoxy groups -OCH3 is 1. The van der Waals surface area contributed by atoms with Gasteiger partial charge in [-0.15, -0.1) is 0 Å². The lowest BCUT2D eigenvalue weighted by molar-refractivity contribution is 0.0976. The van der Waals surface area contributed by atoms with Crippen LogP contribution in [-0.4, -0.2) is 30.8 Å². The van der Waals surface area contributed by atoms with E-state index in [1.165, 1.54) is 0 Å². The Hall–Kier alpha value is -3.78. The zero-order valence-corrected chi connectivity index (χ0v) is 17.3. The summed E-state index contributed by atoms with van der Waals surface area (Å²) in [4.78, 5) is 21.4. The van der Waals surface area contributed by atoms with Crippen molar-refractivity contribution < 1.29 is 19.0 Å². The van der Waals surface area contributed by atoms with Gasteiger partial charge < -0.3 is 19.5 Å². The molecule has 0 bridgehead atoms. The van der Waals surface area contributed by atoms with Crippen LogP contribution in [0.4, 0.5) is 5.69 Å². The van der Waals surface area contributed by atoms with Crippen molar-refractivity contribution in [3.63, 3.8) is 0 Å². The summed E-state index contributed by atoms with van der Waals surface area (Å²) in [5.74, 6) is 1.55. The molecule has 2 heterocycles. The second kappa shape index (κ2) is 9.36. The number of fused-ring (bicyclic) bond motifs is 1. The molecule has 0 saturated carbocycles. The number of carbonyl (C=O) groups is 1. The van der Waals surface area contributed by atoms with Crippen LogP contribution in [0.15, 0.2) is 65.9 Å². The van der Waals surface area contributed by atoms with Crippen molar-refractivity contribution in [2.45, 2.75) is 6.54 Å². The van der Waals surface area contributed by atoms with E-state index in [4.69, 9.17) is 25.8 Å². The molecule has 1 aromatic heterocycles. The van der Waals surface area contributed by atoms with Crippen molar-refractivity contribution in [3.8, 4) is 17.2 Å². The lowest BCUT2D eigenvalue weighted by Crippen LogP contribution is -2.36. The van der Waals surface area contributed by atoms with Gasteiger partial charge in [0.25, 0.3) is 5.91 Å². The van der Waals surface area contributed by atoms with Crippen molar-refractivity contribution in [3.05, 3.63) is 77.1 Å². The van der Waals surface area contributed by atoms with E-state index in [0.29, 0.717) is 40.1 Å². The highest BCUT2D eigenvalue weighted by atomic mass is 35.5. The van der Waals surface area contributed by atoms with E-state index in [9.17, 15) is 4.79 Å². The summed E-state index contributed by atoms with van der Waals surface area (Å²) in [5, 5.41) is 6.42. The first-order chi connectivity index (χ1) is 15.1. The molecular formula is C22H19ClN4O4. The number of hydrogen-bond acceptors (Lipinski definition) is 6. The lowest BCUT2D eigenvalue weighted by atomic mass is 10.2. The highest BCUT2D eigenvalue weighted by Gasteiger charge is 2.18. The normalized spacial score (nSPS) is 12.4. The van der Waals surface area contributed by atoms with Crippen LogP contribution >= 0.6 is 11.6 Å². The number of halogens is 1. The van der Waals surface area contributed by atoms with E-state index >= 15 is 0 Å². The fourth-order valence-electron chi connectivity index (χ4n) is 2.89. The molecule has 0 saturated heterocycles. The van der Waals surface area contributed by atoms with Crippen molar-refractivity contribution in [1.29, 1.82) is 0 Å². The molecule has 1 aliphatic rings. The van der Waals surface area contributed by atoms with Gasteiger partial charge in [0.2, 0.25) is 12.8 Å². The highest BCUT2D eigenvalue weighted by Crippen LogP contribution is 2.32. The molecule has 2 aromatic carbocycles. The van der Waals surface area contributed by atoms with Crippen molar-refractivity contribution in [2.24, 2.45) is 4.99 Å². The smallest absolute Gasteiger partial charge is 0.258 e. The van der Waals surface area contributed by atoms with Crippen molar-refractivity contribution in [1.82, 2.24) is 10.3 Å². The van der Waals surface area contributed by atoms with Gasteiger partial charge in [0.1, 0.15) is 5.75 Å². The molecule has 0 unspecified atom stereocenters. The van der Waals surface area contributed by atoms with Gasteiger partial charge in [0.15, 0.2) is 11.5 Å². The van der Waals surface area contributed by atoms with E-state index in [0.717, 1.165) is 5.56 Å². The molecule has 8 nitrogen and oxygen atoms in total. The van der Waals surface area contributed by atoms with Gasteiger partial charge in [0, 0.05) is 23.0 Å². The molecule has 9 heteroatoms. The quantitative estimate of drug-likeness (QED) is 0.464. The summed E-state index contributed by atoms with van der Waals surface area (Å²) in [6, 6.07) is 13.8. The number of amides is 1. The van der Waals surface area contributed by atoms with Crippen molar-refractivity contribution >= 4 is 29.2 Å². The molecule has 158 valence electrons.